The molecule has 2 aromatic rings. The summed E-state index contributed by atoms with van der Waals surface area (Å²) in [4.78, 5) is 53.0. The van der Waals surface area contributed by atoms with Gasteiger partial charge in [-0.2, -0.15) is 0 Å². The van der Waals surface area contributed by atoms with Crippen molar-refractivity contribution in [1.29, 1.82) is 0 Å². The van der Waals surface area contributed by atoms with Crippen molar-refractivity contribution in [2.75, 3.05) is 12.3 Å². The van der Waals surface area contributed by atoms with Crippen LogP contribution in [0.5, 0.6) is 0 Å². The van der Waals surface area contributed by atoms with Crippen LogP contribution in [0.25, 0.3) is 6.08 Å². The van der Waals surface area contributed by atoms with Gasteiger partial charge in [0, 0.05) is 25.0 Å². The van der Waals surface area contributed by atoms with E-state index < -0.39 is 29.6 Å². The number of carbonyl (C=O) groups is 2. The predicted molar refractivity (Wildman–Crippen MR) is 106 cm³/mol. The molecule has 0 atom stereocenters. The summed E-state index contributed by atoms with van der Waals surface area (Å²) in [6, 6.07) is 0. The lowest BCUT2D eigenvalue weighted by molar-refractivity contribution is -0.136. The number of thiazole rings is 1. The van der Waals surface area contributed by atoms with Gasteiger partial charge in [-0.05, 0) is 18.9 Å². The van der Waals surface area contributed by atoms with Crippen molar-refractivity contribution in [2.45, 2.75) is 27.3 Å². The summed E-state index contributed by atoms with van der Waals surface area (Å²) in [7, 11) is 1.27. The van der Waals surface area contributed by atoms with Gasteiger partial charge in [0.2, 0.25) is 5.78 Å². The van der Waals surface area contributed by atoms with Gasteiger partial charge in [0.05, 0.1) is 10.7 Å². The Balaban J connectivity index is 2.18. The molecule has 0 saturated heterocycles. The van der Waals surface area contributed by atoms with Crippen molar-refractivity contribution >= 4 is 35.0 Å². The highest BCUT2D eigenvalue weighted by atomic mass is 32.1. The molecule has 0 saturated carbocycles. The summed E-state index contributed by atoms with van der Waals surface area (Å²) in [6.07, 6.45) is 2.61. The number of nitrogens with zero attached hydrogens (tertiary/aromatic N) is 3. The van der Waals surface area contributed by atoms with Gasteiger partial charge in [0.1, 0.15) is 11.4 Å². The fraction of sp³-hybridized carbons (Fsp3) is 0.389. The van der Waals surface area contributed by atoms with Gasteiger partial charge in [0.25, 0.3) is 5.56 Å². The van der Waals surface area contributed by atoms with E-state index in [4.69, 9.17) is 10.5 Å². The molecule has 9 nitrogen and oxygen atoms in total. The fourth-order valence-electron chi connectivity index (χ4n) is 2.45. The van der Waals surface area contributed by atoms with Crippen LogP contribution in [0.2, 0.25) is 0 Å². The van der Waals surface area contributed by atoms with Crippen molar-refractivity contribution in [3.8, 4) is 0 Å². The number of nitrogens with two attached hydrogens (primary N) is 1. The second-order valence-electron chi connectivity index (χ2n) is 6.57. The maximum atomic E-state index is 12.4. The molecule has 28 heavy (non-hydrogen) atoms. The third kappa shape index (κ3) is 4.83. The quantitative estimate of drug-likeness (QED) is 0.413. The Hall–Kier alpha value is -3.01. The molecule has 0 radical (unpaired) electrons. The van der Waals surface area contributed by atoms with E-state index in [0.717, 1.165) is 15.7 Å². The summed E-state index contributed by atoms with van der Waals surface area (Å²) >= 11 is 1.44. The minimum absolute atomic E-state index is 0.0674. The largest absolute Gasteiger partial charge is 0.454 e. The molecular weight excluding hydrogens is 384 g/mol. The summed E-state index contributed by atoms with van der Waals surface area (Å²) in [5.74, 6) is -1.69. The molecule has 2 heterocycles. The standard InChI is InChI=1S/C18H22N4O5S/c1-10(2)7-22-16(19)15(17(25)21(4)18(22)26)13(23)8-27-14(24)6-5-12-9-28-11(3)20-12/h5-6,9-10H,7-8,19H2,1-4H3/b6-5+. The lowest BCUT2D eigenvalue weighted by atomic mass is 10.1. The number of nitrogen functional groups attached to an aromatic ring is 1. The number of hydrogen-bond donors (Lipinski definition) is 1. The van der Waals surface area contributed by atoms with E-state index in [9.17, 15) is 19.2 Å². The Morgan fingerprint density at radius 3 is 2.61 bits per heavy atom. The van der Waals surface area contributed by atoms with Crippen LogP contribution in [-0.4, -0.2) is 32.5 Å². The molecule has 0 spiro atoms. The van der Waals surface area contributed by atoms with Crippen LogP contribution in [-0.2, 0) is 23.1 Å². The molecule has 0 fully saturated rings. The fourth-order valence-corrected chi connectivity index (χ4v) is 3.03. The molecule has 2 rings (SSSR count). The number of carbonyl (C=O) groups excluding carboxylic acids is 2. The van der Waals surface area contributed by atoms with E-state index in [-0.39, 0.29) is 23.8 Å². The highest BCUT2D eigenvalue weighted by Crippen LogP contribution is 2.10. The minimum atomic E-state index is -0.822. The summed E-state index contributed by atoms with van der Waals surface area (Å²) in [5.41, 5.74) is 4.72. The van der Waals surface area contributed by atoms with Crippen LogP contribution in [0.3, 0.4) is 0 Å². The highest BCUT2D eigenvalue weighted by molar-refractivity contribution is 7.09. The van der Waals surface area contributed by atoms with E-state index in [0.29, 0.717) is 5.69 Å². The lowest BCUT2D eigenvalue weighted by Gasteiger charge is -2.16. The number of aryl methyl sites for hydroxylation is 1. The molecule has 2 N–H and O–H groups in total. The molecule has 0 aromatic carbocycles. The second kappa shape index (κ2) is 8.79. The third-order valence-corrected chi connectivity index (χ3v) is 4.57. The number of Topliss-reactive ketones (excluding diaryl/α,β-unsaturated/α-hetero) is 1. The van der Waals surface area contributed by atoms with Crippen LogP contribution >= 0.6 is 11.3 Å². The number of ether oxygens (including phenoxy) is 1. The van der Waals surface area contributed by atoms with Gasteiger partial charge in [-0.25, -0.2) is 14.6 Å². The number of hydrogen-bond acceptors (Lipinski definition) is 8. The van der Waals surface area contributed by atoms with Gasteiger partial charge in [-0.15, -0.1) is 11.3 Å². The molecule has 0 amide bonds. The maximum absolute atomic E-state index is 12.4. The first-order valence-electron chi connectivity index (χ1n) is 8.51. The highest BCUT2D eigenvalue weighted by Gasteiger charge is 2.22. The molecular formula is C18H22N4O5S. The zero-order chi connectivity index (χ0) is 21.0. The van der Waals surface area contributed by atoms with Crippen LogP contribution < -0.4 is 17.0 Å². The monoisotopic (exact) mass is 406 g/mol. The minimum Gasteiger partial charge on any atom is -0.454 e. The number of rotatable bonds is 7. The zero-order valence-corrected chi connectivity index (χ0v) is 16.9. The van der Waals surface area contributed by atoms with Crippen molar-refractivity contribution in [2.24, 2.45) is 13.0 Å². The van der Waals surface area contributed by atoms with Crippen molar-refractivity contribution in [1.82, 2.24) is 14.1 Å². The molecule has 0 aliphatic carbocycles. The predicted octanol–water partition coefficient (Wildman–Crippen LogP) is 0.989. The summed E-state index contributed by atoms with van der Waals surface area (Å²) in [6.45, 7) is 5.16. The Morgan fingerprint density at radius 2 is 2.04 bits per heavy atom. The maximum Gasteiger partial charge on any atom is 0.332 e. The van der Waals surface area contributed by atoms with Gasteiger partial charge < -0.3 is 10.5 Å². The summed E-state index contributed by atoms with van der Waals surface area (Å²) in [5, 5.41) is 2.62. The van der Waals surface area contributed by atoms with Crippen molar-refractivity contribution in [3.63, 3.8) is 0 Å². The van der Waals surface area contributed by atoms with Crippen LogP contribution in [0, 0.1) is 12.8 Å². The zero-order valence-electron chi connectivity index (χ0n) is 16.1. The topological polar surface area (TPSA) is 126 Å². The number of aromatic nitrogens is 3. The Labute approximate surface area is 165 Å². The molecule has 0 aliphatic rings. The van der Waals surface area contributed by atoms with Crippen LogP contribution in [0.4, 0.5) is 5.82 Å². The number of ketones is 1. The Kier molecular flexibility index (Phi) is 6.68. The first-order valence-corrected chi connectivity index (χ1v) is 9.39. The third-order valence-electron chi connectivity index (χ3n) is 3.78. The molecule has 0 aliphatic heterocycles. The second-order valence-corrected chi connectivity index (χ2v) is 7.63. The average molecular weight is 406 g/mol. The first-order chi connectivity index (χ1) is 13.1. The van der Waals surface area contributed by atoms with E-state index in [2.05, 4.69) is 4.98 Å². The van der Waals surface area contributed by atoms with Gasteiger partial charge >= 0.3 is 11.7 Å². The van der Waals surface area contributed by atoms with Crippen molar-refractivity contribution < 1.29 is 14.3 Å². The van der Waals surface area contributed by atoms with Gasteiger partial charge in [-0.3, -0.25) is 18.7 Å². The smallest absolute Gasteiger partial charge is 0.332 e. The van der Waals surface area contributed by atoms with Gasteiger partial charge in [-0.1, -0.05) is 13.8 Å². The van der Waals surface area contributed by atoms with Crippen molar-refractivity contribution in [3.05, 3.63) is 48.6 Å². The molecule has 2 aromatic heterocycles. The summed E-state index contributed by atoms with van der Waals surface area (Å²) < 4.78 is 6.89. The van der Waals surface area contributed by atoms with E-state index >= 15 is 0 Å². The van der Waals surface area contributed by atoms with E-state index in [1.54, 1.807) is 5.38 Å². The molecule has 10 heteroatoms. The lowest BCUT2D eigenvalue weighted by Crippen LogP contribution is -2.43. The number of esters is 1. The number of anilines is 1. The molecule has 150 valence electrons. The molecule has 0 unspecified atom stereocenters. The first kappa shape index (κ1) is 21.3. The average Bonchev–Trinajstić information content (AvgIpc) is 3.05. The van der Waals surface area contributed by atoms with Crippen LogP contribution in [0.1, 0.15) is 34.9 Å². The molecule has 0 bridgehead atoms. The normalized spacial score (nSPS) is 11.3. The van der Waals surface area contributed by atoms with E-state index in [1.807, 2.05) is 20.8 Å². The van der Waals surface area contributed by atoms with Crippen LogP contribution in [0.15, 0.2) is 21.0 Å². The van der Waals surface area contributed by atoms with E-state index in [1.165, 1.54) is 29.0 Å². The Bertz CT molecular complexity index is 1050. The SMILES string of the molecule is Cc1nc(/C=C/C(=O)OCC(=O)c2c(N)n(CC(C)C)c(=O)n(C)c2=O)cs1. The van der Waals surface area contributed by atoms with Gasteiger partial charge in [0.15, 0.2) is 6.61 Å². The Morgan fingerprint density at radius 1 is 1.36 bits per heavy atom.